The number of hydrogen-bond acceptors (Lipinski definition) is 3. The zero-order valence-corrected chi connectivity index (χ0v) is 11.8. The Bertz CT molecular complexity index is 524. The Morgan fingerprint density at radius 1 is 1.41 bits per heavy atom. The predicted molar refractivity (Wildman–Crippen MR) is 76.0 cm³/mol. The molecule has 2 rings (SSSR count). The third kappa shape index (κ3) is 2.96. The molecule has 1 aromatic carbocycles. The maximum absolute atomic E-state index is 11.0. The van der Waals surface area contributed by atoms with Gasteiger partial charge in [-0.15, -0.1) is 11.3 Å². The second kappa shape index (κ2) is 5.47. The number of nitrogens with zero attached hydrogens (tertiary/aromatic N) is 1. The Morgan fingerprint density at radius 2 is 2.18 bits per heavy atom. The summed E-state index contributed by atoms with van der Waals surface area (Å²) in [4.78, 5) is 13.0. The van der Waals surface area contributed by atoms with Crippen molar-refractivity contribution in [3.05, 3.63) is 50.6 Å². The van der Waals surface area contributed by atoms with E-state index in [1.165, 1.54) is 5.56 Å². The molecule has 0 aliphatic rings. The van der Waals surface area contributed by atoms with Crippen LogP contribution in [0.5, 0.6) is 0 Å². The molecule has 0 N–H and O–H groups in total. The minimum atomic E-state index is 0.726. The Labute approximate surface area is 113 Å². The van der Waals surface area contributed by atoms with Gasteiger partial charge in [-0.3, -0.25) is 4.79 Å². The first kappa shape index (κ1) is 12.3. The summed E-state index contributed by atoms with van der Waals surface area (Å²) in [6.07, 6.45) is 0.898. The van der Waals surface area contributed by atoms with E-state index in [9.17, 15) is 4.79 Å². The van der Waals surface area contributed by atoms with Crippen LogP contribution in [-0.4, -0.2) is 13.3 Å². The van der Waals surface area contributed by atoms with Crippen LogP contribution >= 0.6 is 27.3 Å². The van der Waals surface area contributed by atoms with E-state index in [1.807, 2.05) is 31.3 Å². The van der Waals surface area contributed by atoms with Crippen molar-refractivity contribution >= 4 is 39.2 Å². The highest BCUT2D eigenvalue weighted by atomic mass is 79.9. The monoisotopic (exact) mass is 309 g/mol. The van der Waals surface area contributed by atoms with Gasteiger partial charge in [-0.25, -0.2) is 0 Å². The lowest BCUT2D eigenvalue weighted by Gasteiger charge is -2.20. The molecular weight excluding hydrogens is 298 g/mol. The first-order valence-corrected chi connectivity index (χ1v) is 6.86. The van der Waals surface area contributed by atoms with Crippen LogP contribution < -0.4 is 4.90 Å². The van der Waals surface area contributed by atoms with Crippen LogP contribution in [-0.2, 0) is 6.54 Å². The van der Waals surface area contributed by atoms with E-state index >= 15 is 0 Å². The van der Waals surface area contributed by atoms with Crippen LogP contribution in [0.1, 0.15) is 15.9 Å². The quantitative estimate of drug-likeness (QED) is 0.797. The Kier molecular flexibility index (Phi) is 3.97. The third-order valence-electron chi connectivity index (χ3n) is 2.52. The fourth-order valence-electron chi connectivity index (χ4n) is 1.72. The van der Waals surface area contributed by atoms with Crippen molar-refractivity contribution in [1.82, 2.24) is 0 Å². The molecule has 88 valence electrons. The zero-order chi connectivity index (χ0) is 12.3. The van der Waals surface area contributed by atoms with Crippen molar-refractivity contribution in [2.24, 2.45) is 0 Å². The van der Waals surface area contributed by atoms with Crippen molar-refractivity contribution in [1.29, 1.82) is 0 Å². The topological polar surface area (TPSA) is 20.3 Å². The molecule has 0 bridgehead atoms. The minimum Gasteiger partial charge on any atom is -0.370 e. The molecule has 4 heteroatoms. The van der Waals surface area contributed by atoms with Gasteiger partial charge in [0.2, 0.25) is 0 Å². The number of para-hydroxylation sites is 1. The van der Waals surface area contributed by atoms with Crippen molar-refractivity contribution < 1.29 is 4.79 Å². The first-order chi connectivity index (χ1) is 8.20. The molecule has 0 atom stereocenters. The number of hydrogen-bond donors (Lipinski definition) is 0. The van der Waals surface area contributed by atoms with Crippen molar-refractivity contribution in [2.75, 3.05) is 11.9 Å². The Morgan fingerprint density at radius 3 is 2.82 bits per heavy atom. The molecule has 2 nitrogen and oxygen atoms in total. The van der Waals surface area contributed by atoms with Gasteiger partial charge in [0, 0.05) is 24.8 Å². The smallest absolute Gasteiger partial charge is 0.152 e. The normalized spacial score (nSPS) is 10.2. The number of aldehydes is 1. The van der Waals surface area contributed by atoms with Crippen LogP contribution in [0.2, 0.25) is 0 Å². The third-order valence-corrected chi connectivity index (χ3v) is 4.07. The number of halogens is 1. The molecule has 2 aromatic rings. The van der Waals surface area contributed by atoms with Crippen LogP contribution in [0.3, 0.4) is 0 Å². The van der Waals surface area contributed by atoms with Crippen LogP contribution in [0.25, 0.3) is 0 Å². The van der Waals surface area contributed by atoms with Crippen molar-refractivity contribution in [3.8, 4) is 0 Å². The molecule has 1 heterocycles. The van der Waals surface area contributed by atoms with Gasteiger partial charge in [0.1, 0.15) is 0 Å². The highest BCUT2D eigenvalue weighted by molar-refractivity contribution is 9.11. The number of anilines is 1. The average Bonchev–Trinajstić information content (AvgIpc) is 2.74. The summed E-state index contributed by atoms with van der Waals surface area (Å²) in [5.41, 5.74) is 2.93. The maximum atomic E-state index is 11.0. The van der Waals surface area contributed by atoms with Crippen LogP contribution in [0.4, 0.5) is 5.69 Å². The van der Waals surface area contributed by atoms with Gasteiger partial charge in [-0.2, -0.15) is 0 Å². The highest BCUT2D eigenvalue weighted by Gasteiger charge is 2.07. The Balaban J connectivity index is 2.19. The summed E-state index contributed by atoms with van der Waals surface area (Å²) in [6.45, 7) is 0.799. The second-order valence-corrected chi connectivity index (χ2v) is 6.08. The SMILES string of the molecule is CN(Cc1csc(Br)c1)c1ccccc1C=O. The van der Waals surface area contributed by atoms with E-state index < -0.39 is 0 Å². The molecule has 0 unspecified atom stereocenters. The fraction of sp³-hybridized carbons (Fsp3) is 0.154. The fourth-order valence-corrected chi connectivity index (χ4v) is 2.92. The van der Waals surface area contributed by atoms with Gasteiger partial charge < -0.3 is 4.90 Å². The number of carbonyl (C=O) groups excluding carboxylic acids is 1. The molecule has 1 aromatic heterocycles. The first-order valence-electron chi connectivity index (χ1n) is 5.19. The van der Waals surface area contributed by atoms with E-state index in [1.54, 1.807) is 11.3 Å². The van der Waals surface area contributed by atoms with E-state index in [-0.39, 0.29) is 0 Å². The zero-order valence-electron chi connectivity index (χ0n) is 9.39. The molecular formula is C13H12BrNOS. The lowest BCUT2D eigenvalue weighted by Crippen LogP contribution is -2.17. The summed E-state index contributed by atoms with van der Waals surface area (Å²) in [5.74, 6) is 0. The largest absolute Gasteiger partial charge is 0.370 e. The molecule has 0 aliphatic heterocycles. The molecule has 0 spiro atoms. The van der Waals surface area contributed by atoms with Gasteiger partial charge in [-0.1, -0.05) is 12.1 Å². The summed E-state index contributed by atoms with van der Waals surface area (Å²) < 4.78 is 1.13. The Hall–Kier alpha value is -1.13. The van der Waals surface area contributed by atoms with E-state index in [2.05, 4.69) is 32.3 Å². The van der Waals surface area contributed by atoms with Crippen molar-refractivity contribution in [2.45, 2.75) is 6.54 Å². The molecule has 0 fully saturated rings. The molecule has 0 saturated heterocycles. The summed E-state index contributed by atoms with van der Waals surface area (Å²) >= 11 is 5.12. The number of benzene rings is 1. The second-order valence-electron chi connectivity index (χ2n) is 3.79. The molecule has 0 radical (unpaired) electrons. The van der Waals surface area contributed by atoms with Gasteiger partial charge in [0.05, 0.1) is 3.79 Å². The van der Waals surface area contributed by atoms with E-state index in [0.717, 1.165) is 27.9 Å². The van der Waals surface area contributed by atoms with Crippen molar-refractivity contribution in [3.63, 3.8) is 0 Å². The van der Waals surface area contributed by atoms with Gasteiger partial charge in [0.25, 0.3) is 0 Å². The number of thiophene rings is 1. The molecule has 0 amide bonds. The summed E-state index contributed by atoms with van der Waals surface area (Å²) in [7, 11) is 1.99. The molecule has 0 aliphatic carbocycles. The minimum absolute atomic E-state index is 0.726. The summed E-state index contributed by atoms with van der Waals surface area (Å²) in [6, 6.07) is 9.73. The van der Waals surface area contributed by atoms with E-state index in [0.29, 0.717) is 0 Å². The molecule has 0 saturated carbocycles. The lowest BCUT2D eigenvalue weighted by molar-refractivity contribution is 0.112. The molecule has 17 heavy (non-hydrogen) atoms. The van der Waals surface area contributed by atoms with Crippen LogP contribution in [0, 0.1) is 0 Å². The van der Waals surface area contributed by atoms with Gasteiger partial charge >= 0.3 is 0 Å². The lowest BCUT2D eigenvalue weighted by atomic mass is 10.1. The van der Waals surface area contributed by atoms with Gasteiger partial charge in [-0.05, 0) is 45.1 Å². The predicted octanol–water partition coefficient (Wildman–Crippen LogP) is 3.96. The summed E-state index contributed by atoms with van der Waals surface area (Å²) in [5, 5.41) is 2.12. The number of rotatable bonds is 4. The van der Waals surface area contributed by atoms with Crippen LogP contribution in [0.15, 0.2) is 39.5 Å². The van der Waals surface area contributed by atoms with Gasteiger partial charge in [0.15, 0.2) is 6.29 Å². The standard InChI is InChI=1S/C13H12BrNOS/c1-15(7-10-6-13(14)17-9-10)12-5-3-2-4-11(12)8-16/h2-6,8-9H,7H2,1H3. The highest BCUT2D eigenvalue weighted by Crippen LogP contribution is 2.24. The number of carbonyl (C=O) groups is 1. The van der Waals surface area contributed by atoms with E-state index in [4.69, 9.17) is 0 Å². The average molecular weight is 310 g/mol. The maximum Gasteiger partial charge on any atom is 0.152 e.